The topological polar surface area (TPSA) is 38.9 Å². The first-order valence-electron chi connectivity index (χ1n) is 3.87. The van der Waals surface area contributed by atoms with Crippen molar-refractivity contribution < 1.29 is 13.2 Å². The van der Waals surface area contributed by atoms with E-state index < -0.39 is 11.9 Å². The van der Waals surface area contributed by atoms with Crippen LogP contribution in [0, 0.1) is 0 Å². The zero-order chi connectivity index (χ0) is 10.8. The fourth-order valence-electron chi connectivity index (χ4n) is 0.954. The minimum Gasteiger partial charge on any atom is -0.330 e. The van der Waals surface area contributed by atoms with Gasteiger partial charge in [0.1, 0.15) is 5.69 Å². The Hall–Kier alpha value is -0.810. The smallest absolute Gasteiger partial charge is 0.330 e. The SMILES string of the molecule is NCCc1cnc(C(F)(F)F)cc1Cl. The van der Waals surface area contributed by atoms with Gasteiger partial charge in [-0.1, -0.05) is 11.6 Å². The Bertz CT molecular complexity index is 325. The van der Waals surface area contributed by atoms with Crippen molar-refractivity contribution in [1.82, 2.24) is 4.98 Å². The number of nitrogens with two attached hydrogens (primary N) is 1. The predicted octanol–water partition coefficient (Wildman–Crippen LogP) is 2.25. The van der Waals surface area contributed by atoms with Gasteiger partial charge >= 0.3 is 6.18 Å². The van der Waals surface area contributed by atoms with Crippen molar-refractivity contribution in [3.05, 3.63) is 28.5 Å². The molecule has 0 atom stereocenters. The molecule has 78 valence electrons. The van der Waals surface area contributed by atoms with Crippen LogP contribution in [-0.2, 0) is 12.6 Å². The maximum Gasteiger partial charge on any atom is 0.433 e. The molecule has 0 aromatic carbocycles. The van der Waals surface area contributed by atoms with E-state index in [1.165, 1.54) is 0 Å². The number of rotatable bonds is 2. The van der Waals surface area contributed by atoms with Crippen LogP contribution in [0.25, 0.3) is 0 Å². The first kappa shape index (κ1) is 11.3. The number of hydrogen-bond acceptors (Lipinski definition) is 2. The van der Waals surface area contributed by atoms with Crippen molar-refractivity contribution in [1.29, 1.82) is 0 Å². The van der Waals surface area contributed by atoms with Gasteiger partial charge in [-0.2, -0.15) is 13.2 Å². The van der Waals surface area contributed by atoms with Gasteiger partial charge in [0.2, 0.25) is 0 Å². The van der Waals surface area contributed by atoms with Gasteiger partial charge in [-0.25, -0.2) is 0 Å². The van der Waals surface area contributed by atoms with Gasteiger partial charge in [0.25, 0.3) is 0 Å². The van der Waals surface area contributed by atoms with E-state index in [4.69, 9.17) is 17.3 Å². The summed E-state index contributed by atoms with van der Waals surface area (Å²) in [7, 11) is 0. The molecular formula is C8H8ClF3N2. The zero-order valence-electron chi connectivity index (χ0n) is 7.11. The van der Waals surface area contributed by atoms with Gasteiger partial charge < -0.3 is 5.73 Å². The van der Waals surface area contributed by atoms with E-state index in [0.29, 0.717) is 18.5 Å². The van der Waals surface area contributed by atoms with Crippen molar-refractivity contribution >= 4 is 11.6 Å². The van der Waals surface area contributed by atoms with Crippen LogP contribution in [0.1, 0.15) is 11.3 Å². The molecule has 0 saturated carbocycles. The van der Waals surface area contributed by atoms with Crippen LogP contribution in [-0.4, -0.2) is 11.5 Å². The van der Waals surface area contributed by atoms with E-state index in [-0.39, 0.29) is 5.02 Å². The normalized spacial score (nSPS) is 11.8. The lowest BCUT2D eigenvalue weighted by Gasteiger charge is -2.07. The molecule has 6 heteroatoms. The maximum absolute atomic E-state index is 12.1. The fraction of sp³-hybridized carbons (Fsp3) is 0.375. The fourth-order valence-corrected chi connectivity index (χ4v) is 1.20. The van der Waals surface area contributed by atoms with E-state index in [9.17, 15) is 13.2 Å². The van der Waals surface area contributed by atoms with E-state index in [0.717, 1.165) is 12.3 Å². The number of halogens is 4. The molecule has 2 nitrogen and oxygen atoms in total. The summed E-state index contributed by atoms with van der Waals surface area (Å²) in [6, 6.07) is 0.812. The summed E-state index contributed by atoms with van der Waals surface area (Å²) in [6.45, 7) is 0.326. The molecule has 0 fully saturated rings. The Balaban J connectivity index is 3.01. The third-order valence-electron chi connectivity index (χ3n) is 1.63. The maximum atomic E-state index is 12.1. The highest BCUT2D eigenvalue weighted by molar-refractivity contribution is 6.31. The van der Waals surface area contributed by atoms with E-state index in [1.807, 2.05) is 0 Å². The summed E-state index contributed by atoms with van der Waals surface area (Å²) in [5.41, 5.74) is 4.79. The summed E-state index contributed by atoms with van der Waals surface area (Å²) in [4.78, 5) is 3.26. The quantitative estimate of drug-likeness (QED) is 0.837. The highest BCUT2D eigenvalue weighted by Gasteiger charge is 2.32. The summed E-state index contributed by atoms with van der Waals surface area (Å²) in [6.07, 6.45) is -2.92. The average molecular weight is 225 g/mol. The molecule has 1 aromatic rings. The molecule has 1 rings (SSSR count). The molecule has 0 radical (unpaired) electrons. The van der Waals surface area contributed by atoms with Gasteiger partial charge in [0.15, 0.2) is 0 Å². The first-order valence-corrected chi connectivity index (χ1v) is 4.24. The van der Waals surface area contributed by atoms with Crippen molar-refractivity contribution in [2.45, 2.75) is 12.6 Å². The minimum absolute atomic E-state index is 0.0535. The molecule has 0 aliphatic rings. The average Bonchev–Trinajstić information content (AvgIpc) is 2.07. The second-order valence-corrected chi connectivity index (χ2v) is 3.10. The second kappa shape index (κ2) is 4.14. The molecule has 0 unspecified atom stereocenters. The minimum atomic E-state index is -4.45. The number of hydrogen-bond donors (Lipinski definition) is 1. The number of aromatic nitrogens is 1. The standard InChI is InChI=1S/C8H8ClF3N2/c9-6-3-7(8(10,11)12)14-4-5(6)1-2-13/h3-4H,1-2,13H2. The molecule has 14 heavy (non-hydrogen) atoms. The monoisotopic (exact) mass is 224 g/mol. The van der Waals surface area contributed by atoms with Crippen LogP contribution >= 0.6 is 11.6 Å². The van der Waals surface area contributed by atoms with Crippen LogP contribution in [0.15, 0.2) is 12.3 Å². The number of alkyl halides is 3. The third kappa shape index (κ3) is 2.59. The molecular weight excluding hydrogens is 217 g/mol. The van der Waals surface area contributed by atoms with Crippen molar-refractivity contribution in [3.8, 4) is 0 Å². The first-order chi connectivity index (χ1) is 6.45. The van der Waals surface area contributed by atoms with Crippen molar-refractivity contribution in [2.75, 3.05) is 6.54 Å². The van der Waals surface area contributed by atoms with Crippen LogP contribution in [0.3, 0.4) is 0 Å². The third-order valence-corrected chi connectivity index (χ3v) is 1.99. The Morgan fingerprint density at radius 3 is 2.50 bits per heavy atom. The molecule has 0 aliphatic carbocycles. The van der Waals surface area contributed by atoms with Crippen molar-refractivity contribution in [3.63, 3.8) is 0 Å². The van der Waals surface area contributed by atoms with E-state index >= 15 is 0 Å². The molecule has 0 amide bonds. The zero-order valence-corrected chi connectivity index (χ0v) is 7.86. The van der Waals surface area contributed by atoms with Crippen LogP contribution in [0.5, 0.6) is 0 Å². The summed E-state index contributed by atoms with van der Waals surface area (Å²) in [5, 5.41) is 0.0535. The molecule has 1 aromatic heterocycles. The van der Waals surface area contributed by atoms with Gasteiger partial charge in [0, 0.05) is 11.2 Å². The highest BCUT2D eigenvalue weighted by Crippen LogP contribution is 2.30. The van der Waals surface area contributed by atoms with Crippen LogP contribution in [0.4, 0.5) is 13.2 Å². The van der Waals surface area contributed by atoms with Crippen molar-refractivity contribution in [2.24, 2.45) is 5.73 Å². The largest absolute Gasteiger partial charge is 0.433 e. The molecule has 0 bridgehead atoms. The van der Waals surface area contributed by atoms with Gasteiger partial charge in [-0.15, -0.1) is 0 Å². The lowest BCUT2D eigenvalue weighted by atomic mass is 10.2. The van der Waals surface area contributed by atoms with Gasteiger partial charge in [-0.05, 0) is 24.6 Å². The van der Waals surface area contributed by atoms with Crippen LogP contribution in [0.2, 0.25) is 5.02 Å². The Morgan fingerprint density at radius 2 is 2.07 bits per heavy atom. The Labute approximate surface area is 83.9 Å². The summed E-state index contributed by atoms with van der Waals surface area (Å²) in [5.74, 6) is 0. The van der Waals surface area contributed by atoms with E-state index in [2.05, 4.69) is 4.98 Å². The van der Waals surface area contributed by atoms with Gasteiger partial charge in [0.05, 0.1) is 0 Å². The summed E-state index contributed by atoms with van der Waals surface area (Å²) < 4.78 is 36.4. The molecule has 2 N–H and O–H groups in total. The van der Waals surface area contributed by atoms with Gasteiger partial charge in [-0.3, -0.25) is 4.98 Å². The predicted molar refractivity (Wildman–Crippen MR) is 47.0 cm³/mol. The Kier molecular flexibility index (Phi) is 3.34. The Morgan fingerprint density at radius 1 is 1.43 bits per heavy atom. The number of pyridine rings is 1. The lowest BCUT2D eigenvalue weighted by molar-refractivity contribution is -0.141. The summed E-state index contributed by atoms with van der Waals surface area (Å²) >= 11 is 5.62. The molecule has 0 saturated heterocycles. The molecule has 1 heterocycles. The van der Waals surface area contributed by atoms with E-state index in [1.54, 1.807) is 0 Å². The molecule has 0 spiro atoms. The molecule has 0 aliphatic heterocycles. The highest BCUT2D eigenvalue weighted by atomic mass is 35.5. The van der Waals surface area contributed by atoms with Crippen LogP contribution < -0.4 is 5.73 Å². The number of nitrogens with zero attached hydrogens (tertiary/aromatic N) is 1. The second-order valence-electron chi connectivity index (χ2n) is 2.70. The lowest BCUT2D eigenvalue weighted by Crippen LogP contribution is -2.09.